The Bertz CT molecular complexity index is 510. The number of benzene rings is 1. The summed E-state index contributed by atoms with van der Waals surface area (Å²) in [5, 5.41) is 9.17. The highest BCUT2D eigenvalue weighted by molar-refractivity contribution is 5.93. The Morgan fingerprint density at radius 1 is 1.43 bits per heavy atom. The molecule has 0 fully saturated rings. The SMILES string of the molecule is O=C(O)c1cc(F)c2ncccc2c1. The minimum absolute atomic E-state index is 0.0667. The van der Waals surface area contributed by atoms with E-state index in [1.807, 2.05) is 0 Å². The Kier molecular flexibility index (Phi) is 1.89. The molecule has 70 valence electrons. The Balaban J connectivity index is 2.78. The Hall–Kier alpha value is -1.97. The van der Waals surface area contributed by atoms with Crippen molar-refractivity contribution >= 4 is 16.9 Å². The van der Waals surface area contributed by atoms with E-state index in [1.54, 1.807) is 12.1 Å². The second-order valence-electron chi connectivity index (χ2n) is 2.84. The average molecular weight is 191 g/mol. The number of carbonyl (C=O) groups is 1. The molecule has 0 unspecified atom stereocenters. The van der Waals surface area contributed by atoms with Gasteiger partial charge in [0.05, 0.1) is 5.56 Å². The van der Waals surface area contributed by atoms with Gasteiger partial charge >= 0.3 is 5.97 Å². The lowest BCUT2D eigenvalue weighted by molar-refractivity contribution is 0.0696. The maximum absolute atomic E-state index is 13.3. The van der Waals surface area contributed by atoms with Gasteiger partial charge in [-0.2, -0.15) is 0 Å². The molecule has 0 bridgehead atoms. The van der Waals surface area contributed by atoms with E-state index in [0.717, 1.165) is 6.07 Å². The first-order chi connectivity index (χ1) is 6.68. The zero-order chi connectivity index (χ0) is 10.1. The summed E-state index contributed by atoms with van der Waals surface area (Å²) >= 11 is 0. The van der Waals surface area contributed by atoms with Crippen molar-refractivity contribution in [3.05, 3.63) is 41.8 Å². The van der Waals surface area contributed by atoms with Crippen LogP contribution in [0.15, 0.2) is 30.5 Å². The summed E-state index contributed by atoms with van der Waals surface area (Å²) in [5.74, 6) is -1.75. The number of aromatic nitrogens is 1. The topological polar surface area (TPSA) is 50.2 Å². The minimum Gasteiger partial charge on any atom is -0.478 e. The molecule has 2 aromatic rings. The Labute approximate surface area is 78.8 Å². The van der Waals surface area contributed by atoms with Gasteiger partial charge in [0.2, 0.25) is 0 Å². The Morgan fingerprint density at radius 2 is 2.21 bits per heavy atom. The summed E-state index contributed by atoms with van der Waals surface area (Å²) < 4.78 is 13.3. The molecule has 0 saturated carbocycles. The van der Waals surface area contributed by atoms with Gasteiger partial charge in [-0.25, -0.2) is 9.18 Å². The van der Waals surface area contributed by atoms with Crippen molar-refractivity contribution in [3.8, 4) is 0 Å². The number of carboxylic acid groups (broad SMARTS) is 1. The molecule has 4 heteroatoms. The molecule has 1 aromatic carbocycles. The summed E-state index contributed by atoms with van der Waals surface area (Å²) in [7, 11) is 0. The van der Waals surface area contributed by atoms with E-state index in [1.165, 1.54) is 12.3 Å². The van der Waals surface area contributed by atoms with Gasteiger partial charge < -0.3 is 5.11 Å². The van der Waals surface area contributed by atoms with Crippen LogP contribution >= 0.6 is 0 Å². The van der Waals surface area contributed by atoms with Gasteiger partial charge in [0.1, 0.15) is 11.3 Å². The number of rotatable bonds is 1. The predicted octanol–water partition coefficient (Wildman–Crippen LogP) is 2.07. The van der Waals surface area contributed by atoms with Crippen LogP contribution in [0.25, 0.3) is 10.9 Å². The second-order valence-corrected chi connectivity index (χ2v) is 2.84. The van der Waals surface area contributed by atoms with Crippen LogP contribution in [0.4, 0.5) is 4.39 Å². The van der Waals surface area contributed by atoms with Gasteiger partial charge in [-0.05, 0) is 18.2 Å². The molecule has 2 rings (SSSR count). The van der Waals surface area contributed by atoms with Gasteiger partial charge in [-0.15, -0.1) is 0 Å². The molecule has 0 aliphatic heterocycles. The highest BCUT2D eigenvalue weighted by atomic mass is 19.1. The quantitative estimate of drug-likeness (QED) is 0.750. The van der Waals surface area contributed by atoms with Crippen LogP contribution in [0.3, 0.4) is 0 Å². The van der Waals surface area contributed by atoms with Crippen molar-refractivity contribution in [3.63, 3.8) is 0 Å². The van der Waals surface area contributed by atoms with E-state index in [0.29, 0.717) is 5.39 Å². The molecule has 1 N–H and O–H groups in total. The van der Waals surface area contributed by atoms with Crippen LogP contribution in [-0.4, -0.2) is 16.1 Å². The third-order valence-corrected chi connectivity index (χ3v) is 1.91. The average Bonchev–Trinajstić information content (AvgIpc) is 2.17. The van der Waals surface area contributed by atoms with Crippen molar-refractivity contribution in [2.45, 2.75) is 0 Å². The Morgan fingerprint density at radius 3 is 2.93 bits per heavy atom. The molecule has 0 atom stereocenters. The largest absolute Gasteiger partial charge is 0.478 e. The maximum atomic E-state index is 13.3. The molecule has 0 saturated heterocycles. The van der Waals surface area contributed by atoms with Crippen LogP contribution in [0.1, 0.15) is 10.4 Å². The standard InChI is InChI=1S/C10H6FNO2/c11-8-5-7(10(13)14)4-6-2-1-3-12-9(6)8/h1-5H,(H,13,14). The number of pyridine rings is 1. The first-order valence-corrected chi connectivity index (χ1v) is 3.96. The van der Waals surface area contributed by atoms with Crippen molar-refractivity contribution < 1.29 is 14.3 Å². The molecule has 3 nitrogen and oxygen atoms in total. The molecule has 0 amide bonds. The van der Waals surface area contributed by atoms with Gasteiger partial charge in [0.25, 0.3) is 0 Å². The van der Waals surface area contributed by atoms with Crippen LogP contribution in [0.5, 0.6) is 0 Å². The van der Waals surface area contributed by atoms with Crippen LogP contribution < -0.4 is 0 Å². The van der Waals surface area contributed by atoms with Gasteiger partial charge in [-0.1, -0.05) is 6.07 Å². The highest BCUT2D eigenvalue weighted by Crippen LogP contribution is 2.17. The molecular weight excluding hydrogens is 185 g/mol. The van der Waals surface area contributed by atoms with E-state index in [-0.39, 0.29) is 11.1 Å². The minimum atomic E-state index is -1.14. The zero-order valence-electron chi connectivity index (χ0n) is 7.07. The molecule has 1 heterocycles. The van der Waals surface area contributed by atoms with Crippen molar-refractivity contribution in [2.75, 3.05) is 0 Å². The van der Waals surface area contributed by atoms with Crippen molar-refractivity contribution in [2.24, 2.45) is 0 Å². The molecule has 0 aliphatic carbocycles. The van der Waals surface area contributed by atoms with Crippen LogP contribution in [0.2, 0.25) is 0 Å². The third kappa shape index (κ3) is 1.31. The predicted molar refractivity (Wildman–Crippen MR) is 48.7 cm³/mol. The van der Waals surface area contributed by atoms with Crippen LogP contribution in [0, 0.1) is 5.82 Å². The summed E-state index contributed by atoms with van der Waals surface area (Å²) in [6.45, 7) is 0. The monoisotopic (exact) mass is 191 g/mol. The van der Waals surface area contributed by atoms with E-state index in [9.17, 15) is 9.18 Å². The fraction of sp³-hybridized carbons (Fsp3) is 0. The molecule has 1 aromatic heterocycles. The first kappa shape index (κ1) is 8.62. The number of aromatic carboxylic acids is 1. The van der Waals surface area contributed by atoms with Gasteiger partial charge in [0.15, 0.2) is 0 Å². The smallest absolute Gasteiger partial charge is 0.335 e. The van der Waals surface area contributed by atoms with E-state index >= 15 is 0 Å². The number of fused-ring (bicyclic) bond motifs is 1. The van der Waals surface area contributed by atoms with E-state index < -0.39 is 11.8 Å². The molecule has 0 spiro atoms. The molecule has 14 heavy (non-hydrogen) atoms. The third-order valence-electron chi connectivity index (χ3n) is 1.91. The number of hydrogen-bond acceptors (Lipinski definition) is 2. The van der Waals surface area contributed by atoms with Gasteiger partial charge in [-0.3, -0.25) is 4.98 Å². The van der Waals surface area contributed by atoms with Crippen molar-refractivity contribution in [1.82, 2.24) is 4.98 Å². The van der Waals surface area contributed by atoms with E-state index in [4.69, 9.17) is 5.11 Å². The van der Waals surface area contributed by atoms with Crippen LogP contribution in [-0.2, 0) is 0 Å². The lowest BCUT2D eigenvalue weighted by Crippen LogP contribution is -1.97. The van der Waals surface area contributed by atoms with E-state index in [2.05, 4.69) is 4.98 Å². The molecule has 0 aliphatic rings. The first-order valence-electron chi connectivity index (χ1n) is 3.96. The molecular formula is C10H6FNO2. The lowest BCUT2D eigenvalue weighted by atomic mass is 10.1. The summed E-state index contributed by atoms with van der Waals surface area (Å²) in [5.41, 5.74) is 0.125. The highest BCUT2D eigenvalue weighted by Gasteiger charge is 2.08. The fourth-order valence-electron chi connectivity index (χ4n) is 1.27. The lowest BCUT2D eigenvalue weighted by Gasteiger charge is -1.99. The maximum Gasteiger partial charge on any atom is 0.335 e. The second kappa shape index (κ2) is 3.06. The summed E-state index contributed by atoms with van der Waals surface area (Å²) in [6, 6.07) is 5.62. The number of carboxylic acids is 1. The summed E-state index contributed by atoms with van der Waals surface area (Å²) in [4.78, 5) is 14.4. The number of nitrogens with zero attached hydrogens (tertiary/aromatic N) is 1. The van der Waals surface area contributed by atoms with Crippen molar-refractivity contribution in [1.29, 1.82) is 0 Å². The number of halogens is 1. The zero-order valence-corrected chi connectivity index (χ0v) is 7.07. The fourth-order valence-corrected chi connectivity index (χ4v) is 1.27. The van der Waals surface area contributed by atoms with Gasteiger partial charge in [0, 0.05) is 11.6 Å². The molecule has 0 radical (unpaired) electrons. The normalized spacial score (nSPS) is 10.4. The number of hydrogen-bond donors (Lipinski definition) is 1. The summed E-state index contributed by atoms with van der Waals surface area (Å²) in [6.07, 6.45) is 1.46.